The Morgan fingerprint density at radius 1 is 1.08 bits per heavy atom. The summed E-state index contributed by atoms with van der Waals surface area (Å²) in [7, 11) is 0. The Bertz CT molecular complexity index is 1610. The van der Waals surface area contributed by atoms with E-state index in [1.165, 1.54) is 16.7 Å². The summed E-state index contributed by atoms with van der Waals surface area (Å²) >= 11 is 0. The summed E-state index contributed by atoms with van der Waals surface area (Å²) in [6.45, 7) is 7.95. The largest absolute Gasteiger partial charge is 0.474 e. The quantitative estimate of drug-likeness (QED) is 0.347. The molecule has 1 aliphatic carbocycles. The second-order valence-electron chi connectivity index (χ2n) is 10.7. The maximum Gasteiger partial charge on any atom is 0.332 e. The number of fused-ring (bicyclic) bond motifs is 1. The molecule has 9 nitrogen and oxygen atoms in total. The van der Waals surface area contributed by atoms with Crippen LogP contribution in [0.15, 0.2) is 46.0 Å². The first kappa shape index (κ1) is 26.8. The van der Waals surface area contributed by atoms with Gasteiger partial charge in [-0.1, -0.05) is 19.1 Å². The third kappa shape index (κ3) is 5.13. The third-order valence-corrected chi connectivity index (χ3v) is 7.29. The topological polar surface area (TPSA) is 104 Å². The lowest BCUT2D eigenvalue weighted by molar-refractivity contribution is 0.0694. The summed E-state index contributed by atoms with van der Waals surface area (Å²) < 4.78 is 24.1. The van der Waals surface area contributed by atoms with E-state index in [9.17, 15) is 19.1 Å². The van der Waals surface area contributed by atoms with Gasteiger partial charge in [0.2, 0.25) is 5.88 Å². The molecule has 3 aromatic heterocycles. The maximum absolute atomic E-state index is 13.8. The number of aliphatic hydroxyl groups is 1. The van der Waals surface area contributed by atoms with E-state index in [-0.39, 0.29) is 55.2 Å². The summed E-state index contributed by atoms with van der Waals surface area (Å²) in [5.41, 5.74) is 1.74. The number of benzene rings is 1. The Kier molecular flexibility index (Phi) is 7.40. The second kappa shape index (κ2) is 10.8. The van der Waals surface area contributed by atoms with Crippen LogP contribution in [0.5, 0.6) is 5.88 Å². The molecular weight excluding hydrogens is 501 g/mol. The van der Waals surface area contributed by atoms with Gasteiger partial charge in [0.1, 0.15) is 17.7 Å². The smallest absolute Gasteiger partial charge is 0.332 e. The van der Waals surface area contributed by atoms with E-state index in [1.54, 1.807) is 16.7 Å². The van der Waals surface area contributed by atoms with Crippen LogP contribution in [0.3, 0.4) is 0 Å². The first-order valence-electron chi connectivity index (χ1n) is 13.4. The van der Waals surface area contributed by atoms with Crippen molar-refractivity contribution >= 4 is 11.2 Å². The maximum atomic E-state index is 13.8. The Balaban J connectivity index is 1.72. The predicted molar refractivity (Wildman–Crippen MR) is 147 cm³/mol. The molecule has 1 saturated carbocycles. The monoisotopic (exact) mass is 535 g/mol. The number of rotatable bonds is 9. The molecule has 0 radical (unpaired) electrons. The minimum absolute atomic E-state index is 0.0836. The Morgan fingerprint density at radius 3 is 2.41 bits per heavy atom. The van der Waals surface area contributed by atoms with E-state index in [1.807, 2.05) is 32.9 Å². The van der Waals surface area contributed by atoms with Gasteiger partial charge in [-0.05, 0) is 69.7 Å². The molecule has 10 heteroatoms. The molecule has 39 heavy (non-hydrogen) atoms. The third-order valence-electron chi connectivity index (χ3n) is 7.29. The Morgan fingerprint density at radius 2 is 1.79 bits per heavy atom. The Labute approximate surface area is 225 Å². The number of aromatic nitrogens is 5. The SMILES string of the molecule is Cc1nc(OC2CC(C)C2)ccc1-c1nc2c(c(=O)n(CCCO)c(=O)n2C(C)C)n1Cc1ccc(F)cc1. The second-order valence-corrected chi connectivity index (χ2v) is 10.7. The van der Waals surface area contributed by atoms with Gasteiger partial charge in [0.25, 0.3) is 5.56 Å². The van der Waals surface area contributed by atoms with Crippen LogP contribution in [0.2, 0.25) is 0 Å². The zero-order chi connectivity index (χ0) is 27.8. The molecule has 0 aliphatic heterocycles. The van der Waals surface area contributed by atoms with Crippen LogP contribution in [-0.2, 0) is 13.1 Å². The number of aryl methyl sites for hydroxylation is 1. The fraction of sp³-hybridized carbons (Fsp3) is 0.448. The highest BCUT2D eigenvalue weighted by Crippen LogP contribution is 2.32. The molecule has 1 aliphatic rings. The highest BCUT2D eigenvalue weighted by molar-refractivity contribution is 5.78. The van der Waals surface area contributed by atoms with Crippen molar-refractivity contribution in [2.75, 3.05) is 6.61 Å². The highest BCUT2D eigenvalue weighted by Gasteiger charge is 2.28. The Hall–Kier alpha value is -3.79. The molecule has 4 aromatic rings. The summed E-state index contributed by atoms with van der Waals surface area (Å²) in [5, 5.41) is 9.38. The van der Waals surface area contributed by atoms with E-state index in [0.717, 1.165) is 23.0 Å². The van der Waals surface area contributed by atoms with E-state index >= 15 is 0 Å². The number of aliphatic hydroxyl groups excluding tert-OH is 1. The van der Waals surface area contributed by atoms with Crippen LogP contribution in [0, 0.1) is 18.7 Å². The van der Waals surface area contributed by atoms with Crippen molar-refractivity contribution in [2.24, 2.45) is 5.92 Å². The fourth-order valence-electron chi connectivity index (χ4n) is 5.21. The molecular formula is C29H34FN5O4. The molecule has 3 heterocycles. The van der Waals surface area contributed by atoms with Crippen molar-refractivity contribution in [3.05, 3.63) is 74.3 Å². The fourth-order valence-corrected chi connectivity index (χ4v) is 5.21. The van der Waals surface area contributed by atoms with Gasteiger partial charge in [-0.15, -0.1) is 0 Å². The molecule has 0 spiro atoms. The molecule has 0 saturated heterocycles. The number of pyridine rings is 1. The zero-order valence-corrected chi connectivity index (χ0v) is 22.7. The van der Waals surface area contributed by atoms with Crippen molar-refractivity contribution < 1.29 is 14.2 Å². The lowest BCUT2D eigenvalue weighted by atomic mass is 9.84. The minimum Gasteiger partial charge on any atom is -0.474 e. The summed E-state index contributed by atoms with van der Waals surface area (Å²) in [5.74, 6) is 1.32. The summed E-state index contributed by atoms with van der Waals surface area (Å²) in [6, 6.07) is 9.48. The van der Waals surface area contributed by atoms with Crippen molar-refractivity contribution in [1.29, 1.82) is 0 Å². The molecule has 1 aromatic carbocycles. The van der Waals surface area contributed by atoms with Crippen LogP contribution in [0.4, 0.5) is 4.39 Å². The number of hydrogen-bond donors (Lipinski definition) is 1. The molecule has 0 atom stereocenters. The molecule has 5 rings (SSSR count). The van der Waals surface area contributed by atoms with Crippen molar-refractivity contribution in [1.82, 2.24) is 23.7 Å². The molecule has 0 unspecified atom stereocenters. The molecule has 1 fully saturated rings. The van der Waals surface area contributed by atoms with E-state index in [4.69, 9.17) is 9.72 Å². The van der Waals surface area contributed by atoms with Gasteiger partial charge in [0, 0.05) is 37.4 Å². The average molecular weight is 536 g/mol. The van der Waals surface area contributed by atoms with Crippen LogP contribution in [0.1, 0.15) is 57.3 Å². The molecule has 206 valence electrons. The van der Waals surface area contributed by atoms with Crippen LogP contribution >= 0.6 is 0 Å². The number of nitrogens with zero attached hydrogens (tertiary/aromatic N) is 5. The van der Waals surface area contributed by atoms with Gasteiger partial charge in [-0.25, -0.2) is 19.2 Å². The summed E-state index contributed by atoms with van der Waals surface area (Å²) in [4.78, 5) is 36.7. The van der Waals surface area contributed by atoms with E-state index in [0.29, 0.717) is 28.9 Å². The number of imidazole rings is 1. The molecule has 0 bridgehead atoms. The van der Waals surface area contributed by atoms with Gasteiger partial charge in [-0.3, -0.25) is 13.9 Å². The summed E-state index contributed by atoms with van der Waals surface area (Å²) in [6.07, 6.45) is 2.44. The standard InChI is InChI=1S/C29H34FN5O4/c1-17(2)35-27-25(28(37)33(29(35)38)12-5-13-36)34(16-20-6-8-21(30)9-7-20)26(32-27)23-10-11-24(31-19(23)4)39-22-14-18(3)15-22/h6-11,17-18,22,36H,5,12-16H2,1-4H3. The lowest BCUT2D eigenvalue weighted by Crippen LogP contribution is -2.41. The first-order valence-corrected chi connectivity index (χ1v) is 13.4. The minimum atomic E-state index is -0.481. The number of halogens is 1. The van der Waals surface area contributed by atoms with Crippen molar-refractivity contribution in [3.8, 4) is 17.3 Å². The first-order chi connectivity index (χ1) is 18.7. The van der Waals surface area contributed by atoms with Gasteiger partial charge >= 0.3 is 5.69 Å². The average Bonchev–Trinajstić information content (AvgIpc) is 3.22. The predicted octanol–water partition coefficient (Wildman–Crippen LogP) is 4.06. The number of ether oxygens (including phenoxy) is 1. The zero-order valence-electron chi connectivity index (χ0n) is 22.7. The van der Waals surface area contributed by atoms with Gasteiger partial charge in [0.15, 0.2) is 11.2 Å². The van der Waals surface area contributed by atoms with E-state index < -0.39 is 11.2 Å². The van der Waals surface area contributed by atoms with Crippen molar-refractivity contribution in [2.45, 2.75) is 72.2 Å². The van der Waals surface area contributed by atoms with Gasteiger partial charge < -0.3 is 14.4 Å². The van der Waals surface area contributed by atoms with E-state index in [2.05, 4.69) is 11.9 Å². The van der Waals surface area contributed by atoms with Crippen LogP contribution in [0.25, 0.3) is 22.6 Å². The van der Waals surface area contributed by atoms with Crippen LogP contribution < -0.4 is 16.0 Å². The van der Waals surface area contributed by atoms with Gasteiger partial charge in [0.05, 0.1) is 5.69 Å². The lowest BCUT2D eigenvalue weighted by Gasteiger charge is -2.32. The van der Waals surface area contributed by atoms with Crippen molar-refractivity contribution in [3.63, 3.8) is 0 Å². The highest BCUT2D eigenvalue weighted by atomic mass is 19.1. The molecule has 1 N–H and O–H groups in total. The van der Waals surface area contributed by atoms with Crippen LogP contribution in [-0.4, -0.2) is 41.5 Å². The van der Waals surface area contributed by atoms with Gasteiger partial charge in [-0.2, -0.15) is 0 Å². The normalized spacial score (nSPS) is 17.1. The molecule has 0 amide bonds. The number of hydrogen-bond acceptors (Lipinski definition) is 6.